The third-order valence-electron chi connectivity index (χ3n) is 4.37. The fraction of sp³-hybridized carbons (Fsp3) is 0.136. The number of hydrogen-bond donors (Lipinski definition) is 1. The predicted molar refractivity (Wildman–Crippen MR) is 105 cm³/mol. The first-order valence-electron chi connectivity index (χ1n) is 8.86. The number of carbonyl (C=O) groups excluding carboxylic acids is 1. The quantitative estimate of drug-likeness (QED) is 0.559. The molecular weight excluding hydrogens is 338 g/mol. The van der Waals surface area contributed by atoms with Crippen molar-refractivity contribution in [2.75, 3.05) is 5.32 Å². The number of carbonyl (C=O) groups is 1. The molecule has 27 heavy (non-hydrogen) atoms. The van der Waals surface area contributed by atoms with E-state index in [1.54, 1.807) is 0 Å². The third-order valence-corrected chi connectivity index (χ3v) is 4.37. The van der Waals surface area contributed by atoms with E-state index >= 15 is 0 Å². The largest absolute Gasteiger partial charge is 0.339 e. The van der Waals surface area contributed by atoms with Crippen molar-refractivity contribution in [2.45, 2.75) is 19.8 Å². The molecule has 1 heterocycles. The summed E-state index contributed by atoms with van der Waals surface area (Å²) in [5.41, 5.74) is 2.82. The van der Waals surface area contributed by atoms with Crippen LogP contribution in [0.25, 0.3) is 22.2 Å². The molecular formula is C22H19N3O2. The lowest BCUT2D eigenvalue weighted by Gasteiger charge is -2.04. The summed E-state index contributed by atoms with van der Waals surface area (Å²) in [5, 5.41) is 9.18. The maximum atomic E-state index is 12.1. The molecule has 1 N–H and O–H groups in total. The van der Waals surface area contributed by atoms with E-state index in [1.807, 2.05) is 61.5 Å². The van der Waals surface area contributed by atoms with Crippen LogP contribution in [0.15, 0.2) is 71.3 Å². The Labute approximate surface area is 157 Å². The van der Waals surface area contributed by atoms with E-state index in [0.29, 0.717) is 18.1 Å². The van der Waals surface area contributed by atoms with Gasteiger partial charge in [-0.2, -0.15) is 4.98 Å². The Kier molecular flexibility index (Phi) is 4.66. The number of aryl methyl sites for hydroxylation is 2. The lowest BCUT2D eigenvalue weighted by molar-refractivity contribution is -0.116. The monoisotopic (exact) mass is 357 g/mol. The minimum Gasteiger partial charge on any atom is -0.339 e. The number of anilines is 1. The Bertz CT molecular complexity index is 1100. The number of fused-ring (bicyclic) bond motifs is 1. The second kappa shape index (κ2) is 7.41. The van der Waals surface area contributed by atoms with Crippen molar-refractivity contribution in [3.63, 3.8) is 0 Å². The van der Waals surface area contributed by atoms with E-state index in [4.69, 9.17) is 4.52 Å². The second-order valence-corrected chi connectivity index (χ2v) is 6.46. The van der Waals surface area contributed by atoms with Crippen molar-refractivity contribution in [1.82, 2.24) is 10.1 Å². The summed E-state index contributed by atoms with van der Waals surface area (Å²) in [5.74, 6) is 0.920. The maximum Gasteiger partial charge on any atom is 0.227 e. The molecule has 0 fully saturated rings. The van der Waals surface area contributed by atoms with Crippen LogP contribution in [-0.2, 0) is 11.2 Å². The normalized spacial score (nSPS) is 10.9. The number of rotatable bonds is 5. The topological polar surface area (TPSA) is 68.0 Å². The highest BCUT2D eigenvalue weighted by Gasteiger charge is 2.13. The molecule has 0 unspecified atom stereocenters. The summed E-state index contributed by atoms with van der Waals surface area (Å²) in [4.78, 5) is 16.6. The van der Waals surface area contributed by atoms with Gasteiger partial charge in [0.1, 0.15) is 0 Å². The highest BCUT2D eigenvalue weighted by molar-refractivity contribution is 5.95. The van der Waals surface area contributed by atoms with Crippen LogP contribution in [0.1, 0.15) is 17.9 Å². The predicted octanol–water partition coefficient (Wildman–Crippen LogP) is 4.77. The van der Waals surface area contributed by atoms with Crippen molar-refractivity contribution in [3.05, 3.63) is 78.2 Å². The first-order chi connectivity index (χ1) is 13.2. The third kappa shape index (κ3) is 3.87. The smallest absolute Gasteiger partial charge is 0.227 e. The Hall–Kier alpha value is -3.47. The van der Waals surface area contributed by atoms with Gasteiger partial charge in [0.15, 0.2) is 0 Å². The van der Waals surface area contributed by atoms with Gasteiger partial charge in [0.25, 0.3) is 0 Å². The standard InChI is InChI=1S/C22H19N3O2/c1-15-6-4-9-17(14-15)23-20(26)12-13-21-24-22(25-27-21)19-11-5-8-16-7-2-3-10-18(16)19/h2-11,14H,12-13H2,1H3,(H,23,26). The molecule has 4 rings (SSSR count). The zero-order valence-electron chi connectivity index (χ0n) is 15.0. The lowest BCUT2D eigenvalue weighted by Crippen LogP contribution is -2.12. The SMILES string of the molecule is Cc1cccc(NC(=O)CCc2nc(-c3cccc4ccccc34)no2)c1. The van der Waals surface area contributed by atoms with Gasteiger partial charge < -0.3 is 9.84 Å². The molecule has 4 aromatic rings. The summed E-state index contributed by atoms with van der Waals surface area (Å²) < 4.78 is 5.35. The van der Waals surface area contributed by atoms with Crippen LogP contribution in [0, 0.1) is 6.92 Å². The van der Waals surface area contributed by atoms with Gasteiger partial charge >= 0.3 is 0 Å². The van der Waals surface area contributed by atoms with Crippen molar-refractivity contribution in [2.24, 2.45) is 0 Å². The van der Waals surface area contributed by atoms with Gasteiger partial charge in [-0.25, -0.2) is 0 Å². The molecule has 0 bridgehead atoms. The van der Waals surface area contributed by atoms with Gasteiger partial charge in [-0.15, -0.1) is 0 Å². The molecule has 1 amide bonds. The Morgan fingerprint density at radius 1 is 1.04 bits per heavy atom. The molecule has 0 aliphatic carbocycles. The van der Waals surface area contributed by atoms with Crippen molar-refractivity contribution in [1.29, 1.82) is 0 Å². The number of benzene rings is 3. The van der Waals surface area contributed by atoms with E-state index in [2.05, 4.69) is 27.6 Å². The summed E-state index contributed by atoms with van der Waals surface area (Å²) >= 11 is 0. The molecule has 5 heteroatoms. The van der Waals surface area contributed by atoms with Gasteiger partial charge in [-0.05, 0) is 35.4 Å². The molecule has 3 aromatic carbocycles. The van der Waals surface area contributed by atoms with Gasteiger partial charge in [-0.1, -0.05) is 59.8 Å². The highest BCUT2D eigenvalue weighted by Crippen LogP contribution is 2.26. The van der Waals surface area contributed by atoms with Gasteiger partial charge in [-0.3, -0.25) is 4.79 Å². The summed E-state index contributed by atoms with van der Waals surface area (Å²) in [6.07, 6.45) is 0.681. The minimum atomic E-state index is -0.0782. The fourth-order valence-electron chi connectivity index (χ4n) is 3.05. The number of aromatic nitrogens is 2. The molecule has 0 saturated heterocycles. The van der Waals surface area contributed by atoms with Gasteiger partial charge in [0, 0.05) is 24.1 Å². The van der Waals surface area contributed by atoms with Crippen LogP contribution in [0.5, 0.6) is 0 Å². The molecule has 0 radical (unpaired) electrons. The van der Waals surface area contributed by atoms with Crippen molar-refractivity contribution in [3.8, 4) is 11.4 Å². The number of amides is 1. The molecule has 5 nitrogen and oxygen atoms in total. The molecule has 134 valence electrons. The van der Waals surface area contributed by atoms with Crippen LogP contribution in [0.3, 0.4) is 0 Å². The first-order valence-corrected chi connectivity index (χ1v) is 8.86. The van der Waals surface area contributed by atoms with E-state index in [9.17, 15) is 4.79 Å². The maximum absolute atomic E-state index is 12.1. The first kappa shape index (κ1) is 17.0. The fourth-order valence-corrected chi connectivity index (χ4v) is 3.05. The molecule has 0 atom stereocenters. The minimum absolute atomic E-state index is 0.0782. The second-order valence-electron chi connectivity index (χ2n) is 6.46. The number of nitrogens with zero attached hydrogens (tertiary/aromatic N) is 2. The van der Waals surface area contributed by atoms with Crippen LogP contribution in [-0.4, -0.2) is 16.0 Å². The molecule has 0 aliphatic rings. The van der Waals surface area contributed by atoms with E-state index < -0.39 is 0 Å². The zero-order chi connectivity index (χ0) is 18.6. The van der Waals surface area contributed by atoms with Crippen LogP contribution in [0.2, 0.25) is 0 Å². The average molecular weight is 357 g/mol. The summed E-state index contributed by atoms with van der Waals surface area (Å²) in [6, 6.07) is 21.8. The van der Waals surface area contributed by atoms with E-state index in [1.165, 1.54) is 0 Å². The summed E-state index contributed by atoms with van der Waals surface area (Å²) in [7, 11) is 0. The number of nitrogens with one attached hydrogen (secondary N) is 1. The van der Waals surface area contributed by atoms with Gasteiger partial charge in [0.05, 0.1) is 0 Å². The van der Waals surface area contributed by atoms with E-state index in [-0.39, 0.29) is 12.3 Å². The zero-order valence-corrected chi connectivity index (χ0v) is 15.0. The highest BCUT2D eigenvalue weighted by atomic mass is 16.5. The Morgan fingerprint density at radius 2 is 1.85 bits per heavy atom. The Balaban J connectivity index is 1.44. The molecule has 0 saturated carbocycles. The van der Waals surface area contributed by atoms with Crippen molar-refractivity contribution >= 4 is 22.4 Å². The van der Waals surface area contributed by atoms with Crippen LogP contribution in [0.4, 0.5) is 5.69 Å². The van der Waals surface area contributed by atoms with E-state index in [0.717, 1.165) is 27.6 Å². The molecule has 0 aliphatic heterocycles. The molecule has 1 aromatic heterocycles. The van der Waals surface area contributed by atoms with Crippen LogP contribution >= 0.6 is 0 Å². The summed E-state index contributed by atoms with van der Waals surface area (Å²) in [6.45, 7) is 1.99. The Morgan fingerprint density at radius 3 is 2.74 bits per heavy atom. The van der Waals surface area contributed by atoms with Crippen LogP contribution < -0.4 is 5.32 Å². The van der Waals surface area contributed by atoms with Gasteiger partial charge in [0.2, 0.25) is 17.6 Å². The lowest BCUT2D eigenvalue weighted by atomic mass is 10.0. The number of hydrogen-bond acceptors (Lipinski definition) is 4. The van der Waals surface area contributed by atoms with Crippen molar-refractivity contribution < 1.29 is 9.32 Å². The molecule has 0 spiro atoms. The average Bonchev–Trinajstić information content (AvgIpc) is 3.15.